The van der Waals surface area contributed by atoms with Crippen molar-refractivity contribution in [1.82, 2.24) is 14.9 Å². The number of thioether (sulfide) groups is 1. The summed E-state index contributed by atoms with van der Waals surface area (Å²) < 4.78 is 1.65. The van der Waals surface area contributed by atoms with Crippen LogP contribution in [0.15, 0.2) is 52.4 Å². The molecule has 1 atom stereocenters. The minimum Gasteiger partial charge on any atom is -0.352 e. The van der Waals surface area contributed by atoms with E-state index in [0.717, 1.165) is 29.7 Å². The number of carbonyl (C=O) groups excluding carboxylic acids is 1. The standard InChI is InChI=1S/C25H29N3O2S/c1-16-13-17(2)15-20(14-16)28-24(30)21-11-7-8-12-22(21)27-25(28)31-18(3)23(29)26-19-9-5-4-6-10-19/h7-8,11-15,18-19H,4-6,9-10H2,1-3H3,(H,26,29)/t18-/m1/s1. The third-order valence-corrected chi connectivity index (χ3v) is 6.86. The number of fused-ring (bicyclic) bond motifs is 1. The second-order valence-electron chi connectivity index (χ2n) is 8.50. The lowest BCUT2D eigenvalue weighted by Gasteiger charge is -2.24. The highest BCUT2D eigenvalue weighted by molar-refractivity contribution is 8.00. The maximum absolute atomic E-state index is 13.4. The van der Waals surface area contributed by atoms with E-state index in [0.29, 0.717) is 16.1 Å². The van der Waals surface area contributed by atoms with Gasteiger partial charge >= 0.3 is 0 Å². The smallest absolute Gasteiger partial charge is 0.266 e. The third-order valence-electron chi connectivity index (χ3n) is 5.81. The van der Waals surface area contributed by atoms with Gasteiger partial charge in [-0.25, -0.2) is 4.98 Å². The van der Waals surface area contributed by atoms with Crippen LogP contribution in [0.4, 0.5) is 0 Å². The van der Waals surface area contributed by atoms with E-state index >= 15 is 0 Å². The lowest BCUT2D eigenvalue weighted by Crippen LogP contribution is -2.40. The Labute approximate surface area is 187 Å². The lowest BCUT2D eigenvalue weighted by atomic mass is 9.95. The topological polar surface area (TPSA) is 64.0 Å². The minimum atomic E-state index is -0.354. The molecule has 0 spiro atoms. The van der Waals surface area contributed by atoms with Gasteiger partial charge in [0.05, 0.1) is 21.8 Å². The summed E-state index contributed by atoms with van der Waals surface area (Å²) >= 11 is 1.34. The Hall–Kier alpha value is -2.60. The van der Waals surface area contributed by atoms with Crippen LogP contribution >= 0.6 is 11.8 Å². The summed E-state index contributed by atoms with van der Waals surface area (Å²) in [7, 11) is 0. The first kappa shape index (κ1) is 21.6. The number of aromatic nitrogens is 2. The number of nitrogens with zero attached hydrogens (tertiary/aromatic N) is 2. The molecule has 0 aliphatic heterocycles. The molecule has 0 radical (unpaired) electrons. The summed E-state index contributed by atoms with van der Waals surface area (Å²) in [4.78, 5) is 31.1. The Morgan fingerprint density at radius 3 is 2.48 bits per heavy atom. The van der Waals surface area contributed by atoms with Crippen LogP contribution in [-0.4, -0.2) is 26.8 Å². The summed E-state index contributed by atoms with van der Waals surface area (Å²) in [6.45, 7) is 5.92. The SMILES string of the molecule is Cc1cc(C)cc(-n2c(S[C@H](C)C(=O)NC3CCCCC3)nc3ccccc3c2=O)c1. The van der Waals surface area contributed by atoms with Gasteiger partial charge in [0.15, 0.2) is 5.16 Å². The van der Waals surface area contributed by atoms with E-state index in [4.69, 9.17) is 4.98 Å². The van der Waals surface area contributed by atoms with Gasteiger partial charge < -0.3 is 5.32 Å². The molecule has 5 nitrogen and oxygen atoms in total. The first-order valence-corrected chi connectivity index (χ1v) is 11.9. The maximum atomic E-state index is 13.4. The highest BCUT2D eigenvalue weighted by Gasteiger charge is 2.23. The summed E-state index contributed by atoms with van der Waals surface area (Å²) in [5.41, 5.74) is 3.47. The van der Waals surface area contributed by atoms with E-state index in [-0.39, 0.29) is 22.8 Å². The molecule has 1 heterocycles. The zero-order valence-corrected chi connectivity index (χ0v) is 19.2. The first-order valence-electron chi connectivity index (χ1n) is 11.0. The summed E-state index contributed by atoms with van der Waals surface area (Å²) in [5, 5.41) is 3.95. The van der Waals surface area contributed by atoms with Crippen molar-refractivity contribution in [3.05, 3.63) is 63.9 Å². The number of rotatable bonds is 5. The van der Waals surface area contributed by atoms with Crippen molar-refractivity contribution in [3.63, 3.8) is 0 Å². The molecule has 0 bridgehead atoms. The maximum Gasteiger partial charge on any atom is 0.266 e. The van der Waals surface area contributed by atoms with Gasteiger partial charge in [-0.1, -0.05) is 49.2 Å². The quantitative estimate of drug-likeness (QED) is 0.456. The number of hydrogen-bond acceptors (Lipinski definition) is 4. The van der Waals surface area contributed by atoms with E-state index in [2.05, 4.69) is 11.4 Å². The molecule has 6 heteroatoms. The van der Waals surface area contributed by atoms with E-state index in [1.807, 2.05) is 51.1 Å². The Morgan fingerprint density at radius 2 is 1.77 bits per heavy atom. The zero-order valence-electron chi connectivity index (χ0n) is 18.4. The third kappa shape index (κ3) is 4.85. The molecule has 3 aromatic rings. The molecule has 1 fully saturated rings. The van der Waals surface area contributed by atoms with Gasteiger partial charge in [0.25, 0.3) is 5.56 Å². The first-order chi connectivity index (χ1) is 14.9. The molecule has 2 aromatic carbocycles. The highest BCUT2D eigenvalue weighted by Crippen LogP contribution is 2.27. The van der Waals surface area contributed by atoms with Crippen LogP contribution in [0.25, 0.3) is 16.6 Å². The predicted octanol–water partition coefficient (Wildman–Crippen LogP) is 4.93. The molecule has 1 saturated carbocycles. The molecule has 0 unspecified atom stereocenters. The van der Waals surface area contributed by atoms with E-state index in [1.165, 1.54) is 31.0 Å². The number of nitrogens with one attached hydrogen (secondary N) is 1. The highest BCUT2D eigenvalue weighted by atomic mass is 32.2. The molecule has 4 rings (SSSR count). The van der Waals surface area contributed by atoms with Crippen LogP contribution in [0.1, 0.15) is 50.2 Å². The molecule has 1 N–H and O–H groups in total. The fourth-order valence-electron chi connectivity index (χ4n) is 4.28. The normalized spacial score (nSPS) is 15.7. The number of aryl methyl sites for hydroxylation is 2. The Balaban J connectivity index is 1.72. The van der Waals surface area contributed by atoms with Gasteiger partial charge in [-0.05, 0) is 69.0 Å². The fourth-order valence-corrected chi connectivity index (χ4v) is 5.21. The van der Waals surface area contributed by atoms with Crippen molar-refractivity contribution in [2.45, 2.75) is 69.3 Å². The Bertz CT molecular complexity index is 1140. The molecule has 162 valence electrons. The number of amides is 1. The molecule has 1 aromatic heterocycles. The van der Waals surface area contributed by atoms with Crippen LogP contribution < -0.4 is 10.9 Å². The van der Waals surface area contributed by atoms with Gasteiger partial charge in [0, 0.05) is 6.04 Å². The van der Waals surface area contributed by atoms with Crippen LogP contribution in [0.5, 0.6) is 0 Å². The van der Waals surface area contributed by atoms with Gasteiger partial charge in [0.2, 0.25) is 5.91 Å². The number of carbonyl (C=O) groups is 1. The monoisotopic (exact) mass is 435 g/mol. The average Bonchev–Trinajstić information content (AvgIpc) is 2.74. The molecule has 0 saturated heterocycles. The summed E-state index contributed by atoms with van der Waals surface area (Å²) in [5.74, 6) is 0.00582. The fraction of sp³-hybridized carbons (Fsp3) is 0.400. The second kappa shape index (κ2) is 9.27. The molecular formula is C25H29N3O2S. The molecule has 31 heavy (non-hydrogen) atoms. The lowest BCUT2D eigenvalue weighted by molar-refractivity contribution is -0.121. The van der Waals surface area contributed by atoms with E-state index < -0.39 is 0 Å². The number of benzene rings is 2. The minimum absolute atomic E-state index is 0.00582. The van der Waals surface area contributed by atoms with Crippen LogP contribution in [0, 0.1) is 13.8 Å². The van der Waals surface area contributed by atoms with Crippen molar-refractivity contribution in [2.24, 2.45) is 0 Å². The summed E-state index contributed by atoms with van der Waals surface area (Å²) in [6.07, 6.45) is 5.69. The Morgan fingerprint density at radius 1 is 1.10 bits per heavy atom. The molecule has 1 aliphatic carbocycles. The van der Waals surface area contributed by atoms with Crippen LogP contribution in [0.3, 0.4) is 0 Å². The zero-order chi connectivity index (χ0) is 22.0. The summed E-state index contributed by atoms with van der Waals surface area (Å²) in [6, 6.07) is 13.7. The number of para-hydroxylation sites is 1. The van der Waals surface area contributed by atoms with Crippen LogP contribution in [0.2, 0.25) is 0 Å². The molecular weight excluding hydrogens is 406 g/mol. The van der Waals surface area contributed by atoms with Crippen molar-refractivity contribution < 1.29 is 4.79 Å². The van der Waals surface area contributed by atoms with Gasteiger partial charge in [-0.2, -0.15) is 0 Å². The Kier molecular flexibility index (Phi) is 6.46. The largest absolute Gasteiger partial charge is 0.352 e. The number of hydrogen-bond donors (Lipinski definition) is 1. The van der Waals surface area contributed by atoms with Crippen LogP contribution in [-0.2, 0) is 4.79 Å². The van der Waals surface area contributed by atoms with Gasteiger partial charge in [0.1, 0.15) is 0 Å². The van der Waals surface area contributed by atoms with E-state index in [1.54, 1.807) is 10.6 Å². The molecule has 1 amide bonds. The van der Waals surface area contributed by atoms with E-state index in [9.17, 15) is 9.59 Å². The van der Waals surface area contributed by atoms with Gasteiger partial charge in [-0.3, -0.25) is 14.2 Å². The van der Waals surface area contributed by atoms with Gasteiger partial charge in [-0.15, -0.1) is 0 Å². The van der Waals surface area contributed by atoms with Crippen molar-refractivity contribution in [2.75, 3.05) is 0 Å². The van der Waals surface area contributed by atoms with Crippen molar-refractivity contribution in [3.8, 4) is 5.69 Å². The second-order valence-corrected chi connectivity index (χ2v) is 9.81. The average molecular weight is 436 g/mol. The van der Waals surface area contributed by atoms with Crippen molar-refractivity contribution in [1.29, 1.82) is 0 Å². The predicted molar refractivity (Wildman–Crippen MR) is 127 cm³/mol. The van der Waals surface area contributed by atoms with Crippen molar-refractivity contribution >= 4 is 28.6 Å². The molecule has 1 aliphatic rings.